The molecule has 1 nitrogen and oxygen atoms in total. The minimum absolute atomic E-state index is 0.139. The quantitative estimate of drug-likeness (QED) is 0.805. The molecule has 4 heteroatoms. The molecule has 2 rings (SSSR count). The average molecular weight is 281 g/mol. The second-order valence-electron chi connectivity index (χ2n) is 6.06. The summed E-state index contributed by atoms with van der Waals surface area (Å²) >= 11 is 0. The van der Waals surface area contributed by atoms with Gasteiger partial charge in [-0.2, -0.15) is 13.2 Å². The molecule has 108 valence electrons. The Labute approximate surface area is 116 Å². The third-order valence-electron chi connectivity index (χ3n) is 3.45. The molecule has 0 saturated carbocycles. The molecule has 0 aromatic heterocycles. The van der Waals surface area contributed by atoms with Gasteiger partial charge in [-0.1, -0.05) is 57.2 Å². The Morgan fingerprint density at radius 1 is 1.00 bits per heavy atom. The smallest absolute Gasteiger partial charge is 0.316 e. The molecule has 0 amide bonds. The molecule has 0 unspecified atom stereocenters. The maximum absolute atomic E-state index is 13.0. The van der Waals surface area contributed by atoms with Crippen molar-refractivity contribution in [3.8, 4) is 0 Å². The molecular weight excluding hydrogens is 263 g/mol. The molecule has 0 saturated heterocycles. The van der Waals surface area contributed by atoms with Crippen LogP contribution >= 0.6 is 0 Å². The van der Waals surface area contributed by atoms with Crippen LogP contribution in [0.2, 0.25) is 0 Å². The second kappa shape index (κ2) is 4.77. The monoisotopic (exact) mass is 281 g/mol. The van der Waals surface area contributed by atoms with Crippen molar-refractivity contribution in [1.82, 2.24) is 0 Å². The Balaban J connectivity index is 2.74. The number of fused-ring (bicyclic) bond motifs is 1. The summed E-state index contributed by atoms with van der Waals surface area (Å²) in [6.45, 7) is 5.92. The highest BCUT2D eigenvalue weighted by molar-refractivity contribution is 5.87. The van der Waals surface area contributed by atoms with E-state index in [2.05, 4.69) is 0 Å². The normalized spacial score (nSPS) is 14.6. The topological polar surface area (TPSA) is 26.0 Å². The fourth-order valence-corrected chi connectivity index (χ4v) is 2.21. The number of hydrogen-bond donors (Lipinski definition) is 1. The Morgan fingerprint density at radius 3 is 2.15 bits per heavy atom. The maximum Gasteiger partial charge on any atom is 0.407 e. The average Bonchev–Trinajstić information content (AvgIpc) is 2.34. The van der Waals surface area contributed by atoms with Crippen molar-refractivity contribution in [1.29, 1.82) is 0 Å². The Morgan fingerprint density at radius 2 is 1.60 bits per heavy atom. The molecule has 0 radical (unpaired) electrons. The van der Waals surface area contributed by atoms with Gasteiger partial charge in [-0.15, -0.1) is 0 Å². The summed E-state index contributed by atoms with van der Waals surface area (Å²) < 4.78 is 38.9. The first-order valence-electron chi connectivity index (χ1n) is 6.46. The van der Waals surface area contributed by atoms with E-state index in [-0.39, 0.29) is 11.0 Å². The summed E-state index contributed by atoms with van der Waals surface area (Å²) in [6, 6.07) is 8.60. The number of hydrogen-bond acceptors (Lipinski definition) is 1. The number of rotatable bonds is 1. The largest absolute Gasteiger partial charge is 0.407 e. The van der Waals surface area contributed by atoms with Crippen LogP contribution in [0, 0.1) is 0 Å². The van der Waals surface area contributed by atoms with Crippen molar-refractivity contribution in [2.24, 2.45) is 5.73 Å². The first-order valence-corrected chi connectivity index (χ1v) is 6.46. The van der Waals surface area contributed by atoms with E-state index in [1.807, 2.05) is 39.0 Å². The number of alkyl halides is 3. The summed E-state index contributed by atoms with van der Waals surface area (Å²) in [4.78, 5) is 0. The molecule has 20 heavy (non-hydrogen) atoms. The van der Waals surface area contributed by atoms with Crippen LogP contribution in [0.15, 0.2) is 36.4 Å². The van der Waals surface area contributed by atoms with Gasteiger partial charge in [-0.05, 0) is 27.3 Å². The Hall–Kier alpha value is -1.55. The van der Waals surface area contributed by atoms with E-state index in [1.54, 1.807) is 18.2 Å². The summed E-state index contributed by atoms with van der Waals surface area (Å²) in [5.74, 6) is 0. The van der Waals surface area contributed by atoms with Crippen LogP contribution in [0.5, 0.6) is 0 Å². The van der Waals surface area contributed by atoms with Crippen molar-refractivity contribution in [3.63, 3.8) is 0 Å². The van der Waals surface area contributed by atoms with Crippen molar-refractivity contribution in [2.75, 3.05) is 0 Å². The van der Waals surface area contributed by atoms with Crippen LogP contribution in [0.4, 0.5) is 13.2 Å². The van der Waals surface area contributed by atoms with Gasteiger partial charge in [0.05, 0.1) is 0 Å². The minimum Gasteiger partial charge on any atom is -0.316 e. The van der Waals surface area contributed by atoms with E-state index in [9.17, 15) is 13.2 Å². The molecule has 0 aliphatic carbocycles. The molecule has 2 aromatic rings. The van der Waals surface area contributed by atoms with Crippen molar-refractivity contribution >= 4 is 10.8 Å². The van der Waals surface area contributed by atoms with Gasteiger partial charge in [0.2, 0.25) is 0 Å². The van der Waals surface area contributed by atoms with E-state index in [1.165, 1.54) is 0 Å². The summed E-state index contributed by atoms with van der Waals surface area (Å²) in [6.07, 6.45) is -4.45. The van der Waals surface area contributed by atoms with Crippen molar-refractivity contribution < 1.29 is 13.2 Å². The molecule has 0 aliphatic rings. The molecular formula is C16H18F3N. The van der Waals surface area contributed by atoms with E-state index >= 15 is 0 Å². The SMILES string of the molecule is CC(C)(C)c1cc([C@H](N)C(F)(F)F)c2ccccc2c1. The standard InChI is InChI=1S/C16H18F3N/c1-15(2,3)11-8-10-6-4-5-7-12(10)13(9-11)14(20)16(17,18)19/h4-9,14H,20H2,1-3H3/t14-/m0/s1. The number of benzene rings is 2. The van der Waals surface area contributed by atoms with Gasteiger partial charge in [-0.3, -0.25) is 0 Å². The highest BCUT2D eigenvalue weighted by atomic mass is 19.4. The van der Waals surface area contributed by atoms with Gasteiger partial charge < -0.3 is 5.73 Å². The summed E-state index contributed by atoms with van der Waals surface area (Å²) in [7, 11) is 0. The van der Waals surface area contributed by atoms with E-state index in [0.717, 1.165) is 10.9 Å². The van der Waals surface area contributed by atoms with Crippen LogP contribution in [-0.4, -0.2) is 6.18 Å². The molecule has 0 spiro atoms. The summed E-state index contributed by atoms with van der Waals surface area (Å²) in [5, 5.41) is 1.35. The highest BCUT2D eigenvalue weighted by Gasteiger charge is 2.39. The zero-order valence-corrected chi connectivity index (χ0v) is 11.8. The van der Waals surface area contributed by atoms with Crippen molar-refractivity contribution in [3.05, 3.63) is 47.5 Å². The highest BCUT2D eigenvalue weighted by Crippen LogP contribution is 2.37. The van der Waals surface area contributed by atoms with E-state index in [0.29, 0.717) is 5.39 Å². The molecule has 0 bridgehead atoms. The van der Waals surface area contributed by atoms with Gasteiger partial charge in [0.1, 0.15) is 6.04 Å². The third kappa shape index (κ3) is 2.80. The zero-order valence-electron chi connectivity index (χ0n) is 11.8. The van der Waals surface area contributed by atoms with Gasteiger partial charge >= 0.3 is 6.18 Å². The fourth-order valence-electron chi connectivity index (χ4n) is 2.21. The molecule has 0 fully saturated rings. The van der Waals surface area contributed by atoms with Crippen LogP contribution in [0.3, 0.4) is 0 Å². The minimum atomic E-state index is -4.45. The van der Waals surface area contributed by atoms with Crippen LogP contribution in [-0.2, 0) is 5.41 Å². The first kappa shape index (κ1) is 14.9. The lowest BCUT2D eigenvalue weighted by Crippen LogP contribution is -2.29. The lowest BCUT2D eigenvalue weighted by molar-refractivity contribution is -0.148. The molecule has 1 atom stereocenters. The van der Waals surface area contributed by atoms with Crippen molar-refractivity contribution in [2.45, 2.75) is 38.4 Å². The Kier molecular flexibility index (Phi) is 3.54. The Bertz CT molecular complexity index is 624. The third-order valence-corrected chi connectivity index (χ3v) is 3.45. The van der Waals surface area contributed by atoms with Gasteiger partial charge in [-0.25, -0.2) is 0 Å². The van der Waals surface area contributed by atoms with Crippen LogP contribution in [0.1, 0.15) is 37.9 Å². The molecule has 2 aromatic carbocycles. The van der Waals surface area contributed by atoms with E-state index in [4.69, 9.17) is 5.73 Å². The fraction of sp³-hybridized carbons (Fsp3) is 0.375. The lowest BCUT2D eigenvalue weighted by Gasteiger charge is -2.24. The predicted octanol–water partition coefficient (Wildman–Crippen LogP) is 4.70. The second-order valence-corrected chi connectivity index (χ2v) is 6.06. The first-order chi connectivity index (χ1) is 9.10. The van der Waals surface area contributed by atoms with E-state index < -0.39 is 12.2 Å². The van der Waals surface area contributed by atoms with Gasteiger partial charge in [0.25, 0.3) is 0 Å². The number of halogens is 3. The zero-order chi connectivity index (χ0) is 15.1. The maximum atomic E-state index is 13.0. The molecule has 0 aliphatic heterocycles. The van der Waals surface area contributed by atoms with Crippen LogP contribution < -0.4 is 5.73 Å². The van der Waals surface area contributed by atoms with Gasteiger partial charge in [0, 0.05) is 0 Å². The summed E-state index contributed by atoms with van der Waals surface area (Å²) in [5.41, 5.74) is 6.19. The molecule has 0 heterocycles. The van der Waals surface area contributed by atoms with Gasteiger partial charge in [0.15, 0.2) is 0 Å². The van der Waals surface area contributed by atoms with Crippen LogP contribution in [0.25, 0.3) is 10.8 Å². The lowest BCUT2D eigenvalue weighted by atomic mass is 9.83. The molecule has 2 N–H and O–H groups in total. The number of nitrogens with two attached hydrogens (primary N) is 1. The predicted molar refractivity (Wildman–Crippen MR) is 75.6 cm³/mol.